The van der Waals surface area contributed by atoms with E-state index in [-0.39, 0.29) is 0 Å². The Morgan fingerprint density at radius 2 is 2.00 bits per heavy atom. The minimum Gasteiger partial charge on any atom is -0.345 e. The van der Waals surface area contributed by atoms with Gasteiger partial charge in [-0.1, -0.05) is 0 Å². The summed E-state index contributed by atoms with van der Waals surface area (Å²) in [5.41, 5.74) is 2.54. The summed E-state index contributed by atoms with van der Waals surface area (Å²) in [6.45, 7) is 8.62. The Bertz CT molecular complexity index is 392. The molecule has 1 atom stereocenters. The fourth-order valence-corrected chi connectivity index (χ4v) is 2.84. The predicted octanol–water partition coefficient (Wildman–Crippen LogP) is 0.110. The standard InChI is InChI=1S/C12H21N5/c1-9-14-10-7-13-8-11(12(10)15-9)17-5-3-16(2)4-6-17/h11,13H,3-8H2,1-2H3,(H,14,15). The number of nitrogens with zero attached hydrogens (tertiary/aromatic N) is 3. The van der Waals surface area contributed by atoms with Crippen LogP contribution in [0.25, 0.3) is 0 Å². The van der Waals surface area contributed by atoms with E-state index in [1.807, 2.05) is 6.92 Å². The summed E-state index contributed by atoms with van der Waals surface area (Å²) in [7, 11) is 2.20. The molecule has 1 saturated heterocycles. The molecule has 1 unspecified atom stereocenters. The van der Waals surface area contributed by atoms with Gasteiger partial charge in [-0.05, 0) is 14.0 Å². The molecule has 3 heterocycles. The lowest BCUT2D eigenvalue weighted by Gasteiger charge is -2.39. The molecule has 1 aromatic rings. The summed E-state index contributed by atoms with van der Waals surface area (Å²) in [4.78, 5) is 13.0. The zero-order chi connectivity index (χ0) is 11.8. The van der Waals surface area contributed by atoms with E-state index in [9.17, 15) is 0 Å². The molecule has 17 heavy (non-hydrogen) atoms. The lowest BCUT2D eigenvalue weighted by atomic mass is 10.1. The summed E-state index contributed by atoms with van der Waals surface area (Å²) in [5.74, 6) is 1.04. The minimum atomic E-state index is 0.456. The van der Waals surface area contributed by atoms with E-state index < -0.39 is 0 Å². The monoisotopic (exact) mass is 235 g/mol. The molecule has 3 rings (SSSR count). The van der Waals surface area contributed by atoms with Gasteiger partial charge in [0.15, 0.2) is 0 Å². The van der Waals surface area contributed by atoms with E-state index >= 15 is 0 Å². The van der Waals surface area contributed by atoms with E-state index in [4.69, 9.17) is 0 Å². The molecule has 1 fully saturated rings. The topological polar surface area (TPSA) is 47.2 Å². The number of aromatic nitrogens is 2. The van der Waals surface area contributed by atoms with Crippen molar-refractivity contribution in [3.63, 3.8) is 0 Å². The van der Waals surface area contributed by atoms with Gasteiger partial charge in [0.25, 0.3) is 0 Å². The van der Waals surface area contributed by atoms with Crippen LogP contribution in [-0.2, 0) is 6.54 Å². The number of H-pyrrole nitrogens is 1. The van der Waals surface area contributed by atoms with Crippen molar-refractivity contribution < 1.29 is 0 Å². The Balaban J connectivity index is 1.80. The van der Waals surface area contributed by atoms with Crippen LogP contribution < -0.4 is 5.32 Å². The van der Waals surface area contributed by atoms with E-state index in [2.05, 4.69) is 32.1 Å². The van der Waals surface area contributed by atoms with Crippen molar-refractivity contribution in [2.75, 3.05) is 39.8 Å². The van der Waals surface area contributed by atoms with E-state index in [1.165, 1.54) is 11.4 Å². The second-order valence-electron chi connectivity index (χ2n) is 5.17. The van der Waals surface area contributed by atoms with Crippen LogP contribution in [0.1, 0.15) is 23.3 Å². The summed E-state index contributed by atoms with van der Waals surface area (Å²) < 4.78 is 0. The number of fused-ring (bicyclic) bond motifs is 1. The van der Waals surface area contributed by atoms with Gasteiger partial charge in [0.1, 0.15) is 5.82 Å². The maximum atomic E-state index is 4.68. The van der Waals surface area contributed by atoms with Crippen LogP contribution in [0, 0.1) is 6.92 Å². The molecule has 5 heteroatoms. The molecular formula is C12H21N5. The maximum Gasteiger partial charge on any atom is 0.103 e. The molecule has 2 aliphatic heterocycles. The first-order chi connectivity index (χ1) is 8.24. The first kappa shape index (κ1) is 11.2. The summed E-state index contributed by atoms with van der Waals surface area (Å²) in [6, 6.07) is 0.456. The molecule has 94 valence electrons. The molecule has 0 aliphatic carbocycles. The van der Waals surface area contributed by atoms with Gasteiger partial charge in [-0.2, -0.15) is 0 Å². The lowest BCUT2D eigenvalue weighted by Crippen LogP contribution is -2.49. The lowest BCUT2D eigenvalue weighted by molar-refractivity contribution is 0.104. The van der Waals surface area contributed by atoms with Gasteiger partial charge in [-0.25, -0.2) is 4.98 Å². The molecule has 0 radical (unpaired) electrons. The van der Waals surface area contributed by atoms with Gasteiger partial charge in [0.2, 0.25) is 0 Å². The molecule has 0 aromatic carbocycles. The molecule has 0 amide bonds. The number of likely N-dealkylation sites (N-methyl/N-ethyl adjacent to an activating group) is 1. The average Bonchev–Trinajstić information content (AvgIpc) is 2.70. The van der Waals surface area contributed by atoms with Crippen LogP contribution in [0.4, 0.5) is 0 Å². The fraction of sp³-hybridized carbons (Fsp3) is 0.750. The Hall–Kier alpha value is -0.910. The van der Waals surface area contributed by atoms with Gasteiger partial charge in [-0.3, -0.25) is 4.90 Å². The van der Waals surface area contributed by atoms with Crippen LogP contribution >= 0.6 is 0 Å². The molecule has 0 saturated carbocycles. The number of nitrogens with one attached hydrogen (secondary N) is 2. The Morgan fingerprint density at radius 1 is 1.24 bits per heavy atom. The van der Waals surface area contributed by atoms with Gasteiger partial charge in [0, 0.05) is 39.3 Å². The largest absolute Gasteiger partial charge is 0.345 e. The van der Waals surface area contributed by atoms with Crippen molar-refractivity contribution in [2.24, 2.45) is 0 Å². The Labute approximate surface area is 102 Å². The summed E-state index contributed by atoms with van der Waals surface area (Å²) >= 11 is 0. The van der Waals surface area contributed by atoms with Crippen molar-refractivity contribution in [2.45, 2.75) is 19.5 Å². The average molecular weight is 235 g/mol. The normalized spacial score (nSPS) is 27.1. The van der Waals surface area contributed by atoms with Gasteiger partial charge in [-0.15, -0.1) is 0 Å². The molecule has 0 spiro atoms. The van der Waals surface area contributed by atoms with Crippen LogP contribution in [0.3, 0.4) is 0 Å². The third-order valence-electron chi connectivity index (χ3n) is 3.86. The SMILES string of the molecule is Cc1nc2c([nH]1)CNCC2N1CCN(C)CC1. The quantitative estimate of drug-likeness (QED) is 0.725. The second kappa shape index (κ2) is 4.40. The highest BCUT2D eigenvalue weighted by Gasteiger charge is 2.30. The number of aryl methyl sites for hydroxylation is 1. The second-order valence-corrected chi connectivity index (χ2v) is 5.17. The van der Waals surface area contributed by atoms with Crippen LogP contribution in [0.2, 0.25) is 0 Å². The van der Waals surface area contributed by atoms with Crippen molar-refractivity contribution in [1.29, 1.82) is 0 Å². The zero-order valence-corrected chi connectivity index (χ0v) is 10.7. The van der Waals surface area contributed by atoms with Crippen molar-refractivity contribution >= 4 is 0 Å². The fourth-order valence-electron chi connectivity index (χ4n) is 2.84. The Morgan fingerprint density at radius 3 is 2.76 bits per heavy atom. The first-order valence-electron chi connectivity index (χ1n) is 6.43. The highest BCUT2D eigenvalue weighted by molar-refractivity contribution is 5.21. The summed E-state index contributed by atoms with van der Waals surface area (Å²) in [5, 5.41) is 3.49. The maximum absolute atomic E-state index is 4.68. The van der Waals surface area contributed by atoms with E-state index in [0.717, 1.165) is 45.1 Å². The van der Waals surface area contributed by atoms with Gasteiger partial charge in [0.05, 0.1) is 17.4 Å². The van der Waals surface area contributed by atoms with Gasteiger partial charge < -0.3 is 15.2 Å². The summed E-state index contributed by atoms with van der Waals surface area (Å²) in [6.07, 6.45) is 0. The molecular weight excluding hydrogens is 214 g/mol. The van der Waals surface area contributed by atoms with Crippen LogP contribution in [0.5, 0.6) is 0 Å². The van der Waals surface area contributed by atoms with E-state index in [0.29, 0.717) is 6.04 Å². The molecule has 0 bridgehead atoms. The number of rotatable bonds is 1. The third-order valence-corrected chi connectivity index (χ3v) is 3.86. The van der Waals surface area contributed by atoms with Crippen molar-refractivity contribution in [3.05, 3.63) is 17.2 Å². The highest BCUT2D eigenvalue weighted by Crippen LogP contribution is 2.26. The predicted molar refractivity (Wildman–Crippen MR) is 66.8 cm³/mol. The number of hydrogen-bond donors (Lipinski definition) is 2. The molecule has 5 nitrogen and oxygen atoms in total. The van der Waals surface area contributed by atoms with Crippen LogP contribution in [-0.4, -0.2) is 59.5 Å². The zero-order valence-electron chi connectivity index (χ0n) is 10.7. The van der Waals surface area contributed by atoms with Gasteiger partial charge >= 0.3 is 0 Å². The smallest absolute Gasteiger partial charge is 0.103 e. The number of aromatic amines is 1. The first-order valence-corrected chi connectivity index (χ1v) is 6.43. The minimum absolute atomic E-state index is 0.456. The number of imidazole rings is 1. The molecule has 2 aliphatic rings. The number of hydrogen-bond acceptors (Lipinski definition) is 4. The van der Waals surface area contributed by atoms with Crippen molar-refractivity contribution in [1.82, 2.24) is 25.1 Å². The third kappa shape index (κ3) is 2.10. The molecule has 1 aromatic heterocycles. The Kier molecular flexibility index (Phi) is 2.90. The highest BCUT2D eigenvalue weighted by atomic mass is 15.3. The van der Waals surface area contributed by atoms with E-state index in [1.54, 1.807) is 0 Å². The number of piperazine rings is 1. The van der Waals surface area contributed by atoms with Crippen LogP contribution in [0.15, 0.2) is 0 Å². The molecule has 2 N–H and O–H groups in total. The van der Waals surface area contributed by atoms with Crippen molar-refractivity contribution in [3.8, 4) is 0 Å².